The molecule has 0 aliphatic heterocycles. The quantitative estimate of drug-likeness (QED) is 0.589. The fraction of sp³-hybridized carbons (Fsp3) is 0.429. The molecule has 0 aliphatic rings. The van der Waals surface area contributed by atoms with Crippen molar-refractivity contribution in [3.8, 4) is 0 Å². The highest BCUT2D eigenvalue weighted by Gasteiger charge is 2.02. The number of carbonyl (C=O) groups is 2. The van der Waals surface area contributed by atoms with Crippen LogP contribution in [-0.4, -0.2) is 31.8 Å². The average Bonchev–Trinajstić information content (AvgIpc) is 2.43. The monoisotopic (exact) mass is 280 g/mol. The van der Waals surface area contributed by atoms with Crippen LogP contribution < -0.4 is 10.6 Å². The number of benzene rings is 1. The lowest BCUT2D eigenvalue weighted by atomic mass is 10.2. The van der Waals surface area contributed by atoms with E-state index in [1.807, 2.05) is 31.2 Å². The first-order valence-corrected chi connectivity index (χ1v) is 6.48. The Morgan fingerprint density at radius 3 is 2.45 bits per heavy atom. The van der Waals surface area contributed by atoms with Crippen LogP contribution in [0.15, 0.2) is 24.3 Å². The number of nitrogens with one attached hydrogen (secondary N) is 2. The van der Waals surface area contributed by atoms with Crippen molar-refractivity contribution in [2.24, 2.45) is 0 Å². The van der Waals surface area contributed by atoms with Gasteiger partial charge in [0.2, 0.25) is 0 Å². The molecule has 6 nitrogen and oxygen atoms in total. The van der Waals surface area contributed by atoms with Crippen molar-refractivity contribution in [2.45, 2.75) is 20.5 Å². The van der Waals surface area contributed by atoms with Gasteiger partial charge >= 0.3 is 12.1 Å². The van der Waals surface area contributed by atoms with Gasteiger partial charge in [0.05, 0.1) is 6.54 Å². The Morgan fingerprint density at radius 1 is 1.15 bits per heavy atom. The minimum absolute atomic E-state index is 0.141. The first-order valence-electron chi connectivity index (χ1n) is 6.48. The number of esters is 1. The van der Waals surface area contributed by atoms with Gasteiger partial charge in [-0.3, -0.25) is 4.79 Å². The lowest BCUT2D eigenvalue weighted by Gasteiger charge is -2.08. The summed E-state index contributed by atoms with van der Waals surface area (Å²) in [4.78, 5) is 21.8. The second kappa shape index (κ2) is 8.79. The third kappa shape index (κ3) is 6.63. The van der Waals surface area contributed by atoms with Crippen LogP contribution in [0.25, 0.3) is 0 Å². The predicted molar refractivity (Wildman–Crippen MR) is 75.4 cm³/mol. The third-order valence-electron chi connectivity index (χ3n) is 2.38. The molecule has 0 radical (unpaired) electrons. The lowest BCUT2D eigenvalue weighted by molar-refractivity contribution is -0.140. The summed E-state index contributed by atoms with van der Waals surface area (Å²) in [7, 11) is 0. The van der Waals surface area contributed by atoms with Gasteiger partial charge < -0.3 is 20.1 Å². The van der Waals surface area contributed by atoms with Crippen molar-refractivity contribution in [3.63, 3.8) is 0 Å². The molecule has 0 heterocycles. The first kappa shape index (κ1) is 15.8. The topological polar surface area (TPSA) is 76.7 Å². The molecule has 0 unspecified atom stereocenters. The van der Waals surface area contributed by atoms with Crippen LogP contribution in [0.1, 0.15) is 19.4 Å². The summed E-state index contributed by atoms with van der Waals surface area (Å²) in [6, 6.07) is 7.65. The zero-order valence-electron chi connectivity index (χ0n) is 11.8. The smallest absolute Gasteiger partial charge is 0.407 e. The van der Waals surface area contributed by atoms with E-state index in [-0.39, 0.29) is 25.7 Å². The summed E-state index contributed by atoms with van der Waals surface area (Å²) >= 11 is 0. The van der Waals surface area contributed by atoms with Crippen molar-refractivity contribution in [1.29, 1.82) is 0 Å². The molecule has 0 aromatic heterocycles. The summed E-state index contributed by atoms with van der Waals surface area (Å²) < 4.78 is 9.70. The molecule has 110 valence electrons. The van der Waals surface area contributed by atoms with Crippen molar-refractivity contribution < 1.29 is 19.1 Å². The zero-order valence-corrected chi connectivity index (χ0v) is 11.8. The normalized spacial score (nSPS) is 9.70. The number of anilines is 1. The lowest BCUT2D eigenvalue weighted by Crippen LogP contribution is -2.28. The number of alkyl carbamates (subject to hydrolysis) is 1. The van der Waals surface area contributed by atoms with Gasteiger partial charge in [-0.1, -0.05) is 12.1 Å². The van der Waals surface area contributed by atoms with Gasteiger partial charge in [-0.15, -0.1) is 0 Å². The standard InChI is InChI=1S/C14H20N2O4/c1-3-15-13-6-4-12(5-7-13)10-20-14(18)16-8-9-19-11(2)17/h4-7,15H,3,8-10H2,1-2H3,(H,16,18). The van der Waals surface area contributed by atoms with Gasteiger partial charge in [-0.2, -0.15) is 0 Å². The van der Waals surface area contributed by atoms with Gasteiger partial charge in [0.15, 0.2) is 0 Å². The highest BCUT2D eigenvalue weighted by Crippen LogP contribution is 2.09. The Kier molecular flexibility index (Phi) is 6.95. The SMILES string of the molecule is CCNc1ccc(COC(=O)NCCOC(C)=O)cc1. The number of rotatable bonds is 7. The zero-order chi connectivity index (χ0) is 14.8. The second-order valence-electron chi connectivity index (χ2n) is 4.07. The van der Waals surface area contributed by atoms with E-state index >= 15 is 0 Å². The molecule has 0 atom stereocenters. The maximum Gasteiger partial charge on any atom is 0.407 e. The van der Waals surface area contributed by atoms with E-state index in [9.17, 15) is 9.59 Å². The fourth-order valence-corrected chi connectivity index (χ4v) is 1.47. The predicted octanol–water partition coefficient (Wildman–Crippen LogP) is 1.91. The third-order valence-corrected chi connectivity index (χ3v) is 2.38. The molecule has 0 spiro atoms. The Balaban J connectivity index is 2.21. The van der Waals surface area contributed by atoms with Crippen LogP contribution in [0, 0.1) is 0 Å². The number of amides is 1. The Labute approximate surface area is 118 Å². The molecule has 2 N–H and O–H groups in total. The van der Waals surface area contributed by atoms with Crippen molar-refractivity contribution in [3.05, 3.63) is 29.8 Å². The Morgan fingerprint density at radius 2 is 1.85 bits per heavy atom. The molecule has 1 amide bonds. The van der Waals surface area contributed by atoms with E-state index in [0.717, 1.165) is 17.8 Å². The van der Waals surface area contributed by atoms with E-state index in [0.29, 0.717) is 0 Å². The summed E-state index contributed by atoms with van der Waals surface area (Å²) in [6.07, 6.45) is -0.534. The number of hydrogen-bond donors (Lipinski definition) is 2. The molecule has 1 rings (SSSR count). The number of hydrogen-bond acceptors (Lipinski definition) is 5. The van der Waals surface area contributed by atoms with Crippen molar-refractivity contribution >= 4 is 17.7 Å². The van der Waals surface area contributed by atoms with Crippen LogP contribution in [0.2, 0.25) is 0 Å². The molecule has 1 aromatic rings. The van der Waals surface area contributed by atoms with E-state index in [4.69, 9.17) is 4.74 Å². The van der Waals surface area contributed by atoms with Crippen LogP contribution in [0.4, 0.5) is 10.5 Å². The Bertz CT molecular complexity index is 431. The van der Waals surface area contributed by atoms with Gasteiger partial charge in [-0.25, -0.2) is 4.79 Å². The van der Waals surface area contributed by atoms with E-state index in [2.05, 4.69) is 15.4 Å². The molecule has 6 heteroatoms. The molecule has 0 saturated carbocycles. The average molecular weight is 280 g/mol. The van der Waals surface area contributed by atoms with Crippen LogP contribution in [0.3, 0.4) is 0 Å². The molecule has 0 aliphatic carbocycles. The number of carbonyl (C=O) groups excluding carboxylic acids is 2. The molecular weight excluding hydrogens is 260 g/mol. The molecule has 0 bridgehead atoms. The summed E-state index contributed by atoms with van der Waals surface area (Å²) in [6.45, 7) is 4.78. The first-order chi connectivity index (χ1) is 9.61. The summed E-state index contributed by atoms with van der Waals surface area (Å²) in [5.74, 6) is -0.374. The maximum atomic E-state index is 11.3. The molecule has 20 heavy (non-hydrogen) atoms. The summed E-state index contributed by atoms with van der Waals surface area (Å²) in [5, 5.41) is 5.67. The Hall–Kier alpha value is -2.24. The summed E-state index contributed by atoms with van der Waals surface area (Å²) in [5.41, 5.74) is 1.93. The van der Waals surface area contributed by atoms with Crippen molar-refractivity contribution in [1.82, 2.24) is 5.32 Å². The van der Waals surface area contributed by atoms with Gasteiger partial charge in [0.25, 0.3) is 0 Å². The molecule has 0 fully saturated rings. The van der Waals surface area contributed by atoms with Crippen LogP contribution >= 0.6 is 0 Å². The minimum atomic E-state index is -0.534. The fourth-order valence-electron chi connectivity index (χ4n) is 1.47. The molecule has 1 aromatic carbocycles. The van der Waals surface area contributed by atoms with Gasteiger partial charge in [0.1, 0.15) is 13.2 Å². The van der Waals surface area contributed by atoms with E-state index in [1.165, 1.54) is 6.92 Å². The highest BCUT2D eigenvalue weighted by atomic mass is 16.6. The van der Waals surface area contributed by atoms with E-state index < -0.39 is 6.09 Å². The molecular formula is C14H20N2O4. The second-order valence-corrected chi connectivity index (χ2v) is 4.07. The van der Waals surface area contributed by atoms with Crippen LogP contribution in [0.5, 0.6) is 0 Å². The van der Waals surface area contributed by atoms with Crippen molar-refractivity contribution in [2.75, 3.05) is 25.0 Å². The number of ether oxygens (including phenoxy) is 2. The molecule has 0 saturated heterocycles. The van der Waals surface area contributed by atoms with Gasteiger partial charge in [0, 0.05) is 19.2 Å². The largest absolute Gasteiger partial charge is 0.464 e. The minimum Gasteiger partial charge on any atom is -0.464 e. The highest BCUT2D eigenvalue weighted by molar-refractivity contribution is 5.67. The maximum absolute atomic E-state index is 11.3. The van der Waals surface area contributed by atoms with Gasteiger partial charge in [-0.05, 0) is 24.6 Å². The van der Waals surface area contributed by atoms with Crippen LogP contribution in [-0.2, 0) is 20.9 Å². The van der Waals surface area contributed by atoms with E-state index in [1.54, 1.807) is 0 Å².